The molecule has 0 atom stereocenters. The van der Waals surface area contributed by atoms with Crippen LogP contribution >= 0.6 is 11.6 Å². The largest absolute Gasteiger partial charge is 0.494 e. The predicted molar refractivity (Wildman–Crippen MR) is 67.4 cm³/mol. The highest BCUT2D eigenvalue weighted by Crippen LogP contribution is 2.18. The molecule has 1 aromatic carbocycles. The quantitative estimate of drug-likeness (QED) is 0.797. The Morgan fingerprint density at radius 1 is 1.22 bits per heavy atom. The monoisotopic (exact) mass is 266 g/mol. The Bertz CT molecular complexity index is 531. The van der Waals surface area contributed by atoms with Crippen LogP contribution < -0.4 is 4.74 Å². The standard InChI is InChI=1S/C13H12ClFN2O/c1-2-18-10-5-3-9(4-6-10)7-11-12(15)13(14)17-8-16-11/h3-6,8H,2,7H2,1H3. The fourth-order valence-corrected chi connectivity index (χ4v) is 1.72. The molecule has 0 saturated heterocycles. The van der Waals surface area contributed by atoms with Gasteiger partial charge in [0, 0.05) is 6.42 Å². The molecule has 0 radical (unpaired) electrons. The summed E-state index contributed by atoms with van der Waals surface area (Å²) in [5, 5.41) is -0.147. The fourth-order valence-electron chi connectivity index (χ4n) is 1.57. The molecule has 0 aliphatic carbocycles. The van der Waals surface area contributed by atoms with Crippen molar-refractivity contribution in [1.82, 2.24) is 9.97 Å². The molecular weight excluding hydrogens is 255 g/mol. The Labute approximate surface area is 110 Å². The second kappa shape index (κ2) is 5.78. The molecule has 0 amide bonds. The van der Waals surface area contributed by atoms with Gasteiger partial charge in [0.25, 0.3) is 0 Å². The van der Waals surface area contributed by atoms with Crippen molar-refractivity contribution in [2.24, 2.45) is 0 Å². The van der Waals surface area contributed by atoms with Gasteiger partial charge in [-0.3, -0.25) is 0 Å². The zero-order valence-electron chi connectivity index (χ0n) is 9.86. The highest BCUT2D eigenvalue weighted by atomic mass is 35.5. The van der Waals surface area contributed by atoms with Crippen LogP contribution in [0.15, 0.2) is 30.6 Å². The number of halogens is 2. The van der Waals surface area contributed by atoms with Crippen LogP contribution in [0.3, 0.4) is 0 Å². The van der Waals surface area contributed by atoms with Crippen molar-refractivity contribution in [3.05, 3.63) is 52.8 Å². The molecular formula is C13H12ClFN2O. The van der Waals surface area contributed by atoms with Crippen LogP contribution in [0.5, 0.6) is 5.75 Å². The zero-order valence-corrected chi connectivity index (χ0v) is 10.6. The molecule has 0 fully saturated rings. The van der Waals surface area contributed by atoms with Gasteiger partial charge < -0.3 is 4.74 Å². The Kier molecular flexibility index (Phi) is 4.10. The Morgan fingerprint density at radius 2 is 1.94 bits per heavy atom. The van der Waals surface area contributed by atoms with Crippen LogP contribution in [0, 0.1) is 5.82 Å². The van der Waals surface area contributed by atoms with E-state index in [1.165, 1.54) is 6.33 Å². The summed E-state index contributed by atoms with van der Waals surface area (Å²) in [6, 6.07) is 7.44. The maximum atomic E-state index is 13.6. The van der Waals surface area contributed by atoms with E-state index in [0.29, 0.717) is 18.7 Å². The molecule has 0 unspecified atom stereocenters. The first-order valence-corrected chi connectivity index (χ1v) is 5.95. The number of nitrogens with zero attached hydrogens (tertiary/aromatic N) is 2. The van der Waals surface area contributed by atoms with E-state index in [1.807, 2.05) is 31.2 Å². The van der Waals surface area contributed by atoms with Gasteiger partial charge in [0.15, 0.2) is 11.0 Å². The minimum absolute atomic E-state index is 0.147. The fraction of sp³-hybridized carbons (Fsp3) is 0.231. The third kappa shape index (κ3) is 2.96. The summed E-state index contributed by atoms with van der Waals surface area (Å²) < 4.78 is 18.9. The smallest absolute Gasteiger partial charge is 0.182 e. The number of hydrogen-bond acceptors (Lipinski definition) is 3. The third-order valence-electron chi connectivity index (χ3n) is 2.43. The van der Waals surface area contributed by atoms with E-state index in [4.69, 9.17) is 16.3 Å². The molecule has 3 nitrogen and oxygen atoms in total. The van der Waals surface area contributed by atoms with Crippen molar-refractivity contribution >= 4 is 11.6 Å². The van der Waals surface area contributed by atoms with E-state index in [1.54, 1.807) is 0 Å². The zero-order chi connectivity index (χ0) is 13.0. The van der Waals surface area contributed by atoms with Crippen molar-refractivity contribution in [1.29, 1.82) is 0 Å². The van der Waals surface area contributed by atoms with Gasteiger partial charge in [-0.05, 0) is 24.6 Å². The molecule has 2 rings (SSSR count). The Hall–Kier alpha value is -1.68. The predicted octanol–water partition coefficient (Wildman–Crippen LogP) is 3.26. The van der Waals surface area contributed by atoms with Gasteiger partial charge >= 0.3 is 0 Å². The molecule has 0 N–H and O–H groups in total. The van der Waals surface area contributed by atoms with Gasteiger partial charge in [0.2, 0.25) is 0 Å². The van der Waals surface area contributed by atoms with Crippen LogP contribution in [-0.2, 0) is 6.42 Å². The highest BCUT2D eigenvalue weighted by molar-refractivity contribution is 6.29. The minimum atomic E-state index is -0.562. The van der Waals surface area contributed by atoms with Crippen molar-refractivity contribution in [3.8, 4) is 5.75 Å². The number of aromatic nitrogens is 2. The van der Waals surface area contributed by atoms with E-state index >= 15 is 0 Å². The number of benzene rings is 1. The molecule has 18 heavy (non-hydrogen) atoms. The molecule has 0 bridgehead atoms. The topological polar surface area (TPSA) is 35.0 Å². The van der Waals surface area contributed by atoms with Crippen LogP contribution in [-0.4, -0.2) is 16.6 Å². The van der Waals surface area contributed by atoms with E-state index in [-0.39, 0.29) is 5.15 Å². The molecule has 0 spiro atoms. The average molecular weight is 267 g/mol. The van der Waals surface area contributed by atoms with Crippen molar-refractivity contribution in [3.63, 3.8) is 0 Å². The van der Waals surface area contributed by atoms with Crippen LogP contribution in [0.4, 0.5) is 4.39 Å². The molecule has 1 aromatic heterocycles. The minimum Gasteiger partial charge on any atom is -0.494 e. The second-order valence-electron chi connectivity index (χ2n) is 3.68. The van der Waals surface area contributed by atoms with Crippen LogP contribution in [0.2, 0.25) is 5.15 Å². The molecule has 1 heterocycles. The normalized spacial score (nSPS) is 10.4. The van der Waals surface area contributed by atoms with Crippen LogP contribution in [0.25, 0.3) is 0 Å². The van der Waals surface area contributed by atoms with Gasteiger partial charge in [-0.1, -0.05) is 23.7 Å². The lowest BCUT2D eigenvalue weighted by atomic mass is 10.1. The number of hydrogen-bond donors (Lipinski definition) is 0. The first kappa shape index (κ1) is 12.8. The summed E-state index contributed by atoms with van der Waals surface area (Å²) in [7, 11) is 0. The summed E-state index contributed by atoms with van der Waals surface area (Å²) in [5.41, 5.74) is 1.23. The van der Waals surface area contributed by atoms with Crippen molar-refractivity contribution in [2.45, 2.75) is 13.3 Å². The maximum absolute atomic E-state index is 13.6. The molecule has 2 aromatic rings. The van der Waals surface area contributed by atoms with Gasteiger partial charge in [-0.15, -0.1) is 0 Å². The number of ether oxygens (including phenoxy) is 1. The SMILES string of the molecule is CCOc1ccc(Cc2ncnc(Cl)c2F)cc1. The average Bonchev–Trinajstić information content (AvgIpc) is 2.38. The van der Waals surface area contributed by atoms with E-state index < -0.39 is 5.82 Å². The molecule has 94 valence electrons. The first-order valence-electron chi connectivity index (χ1n) is 5.57. The van der Waals surface area contributed by atoms with Crippen molar-refractivity contribution in [2.75, 3.05) is 6.61 Å². The van der Waals surface area contributed by atoms with Gasteiger partial charge in [-0.25, -0.2) is 14.4 Å². The van der Waals surface area contributed by atoms with E-state index in [9.17, 15) is 4.39 Å². The summed E-state index contributed by atoms with van der Waals surface area (Å²) in [4.78, 5) is 7.47. The lowest BCUT2D eigenvalue weighted by Gasteiger charge is -2.05. The van der Waals surface area contributed by atoms with Crippen molar-refractivity contribution < 1.29 is 9.13 Å². The lowest BCUT2D eigenvalue weighted by molar-refractivity contribution is 0.340. The van der Waals surface area contributed by atoms with Crippen LogP contribution in [0.1, 0.15) is 18.2 Å². The van der Waals surface area contributed by atoms with E-state index in [2.05, 4.69) is 9.97 Å². The summed E-state index contributed by atoms with van der Waals surface area (Å²) in [5.74, 6) is 0.232. The number of rotatable bonds is 4. The molecule has 5 heteroatoms. The summed E-state index contributed by atoms with van der Waals surface area (Å²) in [6.45, 7) is 2.54. The highest BCUT2D eigenvalue weighted by Gasteiger charge is 2.09. The van der Waals surface area contributed by atoms with Gasteiger partial charge in [0.1, 0.15) is 12.1 Å². The maximum Gasteiger partial charge on any atom is 0.182 e. The molecule has 0 aliphatic rings. The summed E-state index contributed by atoms with van der Waals surface area (Å²) >= 11 is 5.60. The molecule has 0 saturated carbocycles. The third-order valence-corrected chi connectivity index (χ3v) is 2.69. The summed E-state index contributed by atoms with van der Waals surface area (Å²) in [6.07, 6.45) is 1.63. The van der Waals surface area contributed by atoms with Gasteiger partial charge in [-0.2, -0.15) is 0 Å². The van der Waals surface area contributed by atoms with Gasteiger partial charge in [0.05, 0.1) is 12.3 Å². The first-order chi connectivity index (χ1) is 8.70. The van der Waals surface area contributed by atoms with E-state index in [0.717, 1.165) is 11.3 Å². The molecule has 0 aliphatic heterocycles. The lowest BCUT2D eigenvalue weighted by Crippen LogP contribution is -1.99. The Balaban J connectivity index is 2.16. The second-order valence-corrected chi connectivity index (χ2v) is 4.04. The Morgan fingerprint density at radius 3 is 2.61 bits per heavy atom.